The molecule has 3 N–H and O–H groups in total. The summed E-state index contributed by atoms with van der Waals surface area (Å²) < 4.78 is 5.50. The van der Waals surface area contributed by atoms with Crippen molar-refractivity contribution in [3.05, 3.63) is 24.3 Å². The Morgan fingerprint density at radius 2 is 0.603 bits per heavy atom. The summed E-state index contributed by atoms with van der Waals surface area (Å²) in [4.78, 5) is 24.6. The third kappa shape index (κ3) is 63.5. The van der Waals surface area contributed by atoms with Gasteiger partial charge in [0.2, 0.25) is 5.91 Å². The fourth-order valence-corrected chi connectivity index (χ4v) is 11.3. The van der Waals surface area contributed by atoms with Gasteiger partial charge in [-0.25, -0.2) is 0 Å². The van der Waals surface area contributed by atoms with E-state index in [9.17, 15) is 19.8 Å². The Morgan fingerprint density at radius 1 is 0.346 bits per heavy atom. The molecule has 0 bridgehead atoms. The maximum atomic E-state index is 12.5. The zero-order valence-electron chi connectivity index (χ0n) is 52.9. The first-order valence-electron chi connectivity index (χ1n) is 35.6. The Labute approximate surface area is 488 Å². The molecule has 0 heterocycles. The maximum Gasteiger partial charge on any atom is 0.305 e. The van der Waals surface area contributed by atoms with Crippen LogP contribution in [0.5, 0.6) is 0 Å². The standard InChI is InChI=1S/C72H139NO5/c1-3-5-7-9-11-13-15-17-19-21-22-23-24-25-27-30-33-36-40-44-48-52-56-60-64-70(75)69(68-74)73-71(76)65-61-57-53-49-45-41-37-34-31-28-26-29-32-35-39-43-47-51-55-59-63-67-78-72(77)66-62-58-54-50-46-42-38-20-18-16-14-12-10-8-6-4-2/h28,31,60,64,69-70,74-75H,3-27,29-30,32-59,61-63,65-68H2,1-2H3,(H,73,76)/b31-28-,64-60+. The van der Waals surface area contributed by atoms with Crippen LogP contribution < -0.4 is 5.32 Å². The average molecular weight is 1100 g/mol. The number of rotatable bonds is 67. The normalized spacial score (nSPS) is 12.6. The molecule has 462 valence electrons. The third-order valence-electron chi connectivity index (χ3n) is 16.7. The maximum absolute atomic E-state index is 12.5. The van der Waals surface area contributed by atoms with E-state index < -0.39 is 12.1 Å². The zero-order chi connectivity index (χ0) is 56.4. The van der Waals surface area contributed by atoms with Crippen molar-refractivity contribution in [2.24, 2.45) is 0 Å². The highest BCUT2D eigenvalue weighted by atomic mass is 16.5. The van der Waals surface area contributed by atoms with Crippen LogP contribution >= 0.6 is 0 Å². The van der Waals surface area contributed by atoms with E-state index >= 15 is 0 Å². The van der Waals surface area contributed by atoms with E-state index in [4.69, 9.17) is 4.74 Å². The van der Waals surface area contributed by atoms with E-state index in [2.05, 4.69) is 31.3 Å². The molecule has 78 heavy (non-hydrogen) atoms. The van der Waals surface area contributed by atoms with E-state index in [1.165, 1.54) is 327 Å². The number of hydrogen-bond donors (Lipinski definition) is 3. The van der Waals surface area contributed by atoms with E-state index in [1.807, 2.05) is 6.08 Å². The minimum absolute atomic E-state index is 0.0120. The number of unbranched alkanes of at least 4 members (excludes halogenated alkanes) is 54. The van der Waals surface area contributed by atoms with Gasteiger partial charge in [-0.15, -0.1) is 0 Å². The Kier molecular flexibility index (Phi) is 66.4. The molecule has 6 nitrogen and oxygen atoms in total. The lowest BCUT2D eigenvalue weighted by Gasteiger charge is -2.20. The van der Waals surface area contributed by atoms with Gasteiger partial charge in [-0.3, -0.25) is 9.59 Å². The van der Waals surface area contributed by atoms with Crippen LogP contribution in [0.25, 0.3) is 0 Å². The summed E-state index contributed by atoms with van der Waals surface area (Å²) in [6.07, 6.45) is 85.4. The Balaban J connectivity index is 3.44. The number of aliphatic hydroxyl groups is 2. The summed E-state index contributed by atoms with van der Waals surface area (Å²) in [5, 5.41) is 23.3. The SMILES string of the molecule is CCCCCCCCCCCCCCCCCCCCCCCC/C=C/C(O)C(CO)NC(=O)CCCCCCCCC/C=C\CCCCCCCCCCCCOC(=O)CCCCCCCCCCCCCCCCCC. The average Bonchev–Trinajstić information content (AvgIpc) is 3.44. The minimum atomic E-state index is -0.851. The van der Waals surface area contributed by atoms with E-state index in [0.717, 1.165) is 44.9 Å². The molecule has 1 amide bonds. The second-order valence-electron chi connectivity index (χ2n) is 24.6. The molecule has 0 saturated heterocycles. The number of carbonyl (C=O) groups excluding carboxylic acids is 2. The van der Waals surface area contributed by atoms with Gasteiger partial charge in [-0.2, -0.15) is 0 Å². The van der Waals surface area contributed by atoms with Crippen molar-refractivity contribution in [1.29, 1.82) is 0 Å². The van der Waals surface area contributed by atoms with Gasteiger partial charge in [0.05, 0.1) is 25.4 Å². The van der Waals surface area contributed by atoms with Crippen LogP contribution in [0.3, 0.4) is 0 Å². The van der Waals surface area contributed by atoms with E-state index in [1.54, 1.807) is 6.08 Å². The number of nitrogens with one attached hydrogen (secondary N) is 1. The van der Waals surface area contributed by atoms with Gasteiger partial charge in [0.25, 0.3) is 0 Å². The molecular weight excluding hydrogens is 959 g/mol. The summed E-state index contributed by atoms with van der Waals surface area (Å²) >= 11 is 0. The van der Waals surface area contributed by atoms with Crippen molar-refractivity contribution < 1.29 is 24.5 Å². The van der Waals surface area contributed by atoms with Crippen LogP contribution in [0, 0.1) is 0 Å². The van der Waals surface area contributed by atoms with Crippen LogP contribution in [0.15, 0.2) is 24.3 Å². The number of ether oxygens (including phenoxy) is 1. The molecule has 0 radical (unpaired) electrons. The zero-order valence-corrected chi connectivity index (χ0v) is 52.9. The predicted octanol–water partition coefficient (Wildman–Crippen LogP) is 22.9. The minimum Gasteiger partial charge on any atom is -0.466 e. The van der Waals surface area contributed by atoms with Crippen molar-refractivity contribution in [1.82, 2.24) is 5.32 Å². The topological polar surface area (TPSA) is 95.9 Å². The first kappa shape index (κ1) is 76.3. The van der Waals surface area contributed by atoms with E-state index in [-0.39, 0.29) is 18.5 Å². The van der Waals surface area contributed by atoms with Crippen molar-refractivity contribution in [2.75, 3.05) is 13.2 Å². The smallest absolute Gasteiger partial charge is 0.305 e. The molecule has 0 saturated carbocycles. The first-order valence-corrected chi connectivity index (χ1v) is 35.6. The highest BCUT2D eigenvalue weighted by Crippen LogP contribution is 2.19. The van der Waals surface area contributed by atoms with Crippen LogP contribution in [0.1, 0.15) is 399 Å². The van der Waals surface area contributed by atoms with Crippen molar-refractivity contribution in [2.45, 2.75) is 411 Å². The number of aliphatic hydroxyl groups excluding tert-OH is 2. The predicted molar refractivity (Wildman–Crippen MR) is 343 cm³/mol. The second kappa shape index (κ2) is 67.8. The number of esters is 1. The molecule has 0 aliphatic rings. The van der Waals surface area contributed by atoms with Gasteiger partial charge >= 0.3 is 5.97 Å². The lowest BCUT2D eigenvalue weighted by atomic mass is 10.0. The molecule has 2 unspecified atom stereocenters. The Hall–Kier alpha value is -1.66. The largest absolute Gasteiger partial charge is 0.466 e. The highest BCUT2D eigenvalue weighted by Gasteiger charge is 2.18. The van der Waals surface area contributed by atoms with Gasteiger partial charge in [0.15, 0.2) is 0 Å². The monoisotopic (exact) mass is 1100 g/mol. The fraction of sp³-hybridized carbons (Fsp3) is 0.917. The Morgan fingerprint density at radius 3 is 0.910 bits per heavy atom. The molecule has 0 rings (SSSR count). The first-order chi connectivity index (χ1) is 38.5. The third-order valence-corrected chi connectivity index (χ3v) is 16.7. The fourth-order valence-electron chi connectivity index (χ4n) is 11.3. The molecule has 6 heteroatoms. The molecule has 2 atom stereocenters. The lowest BCUT2D eigenvalue weighted by Crippen LogP contribution is -2.45. The molecule has 0 aromatic rings. The summed E-state index contributed by atoms with van der Waals surface area (Å²) in [5.74, 6) is -0.0593. The number of carbonyl (C=O) groups is 2. The Bertz CT molecular complexity index is 1220. The quantitative estimate of drug-likeness (QED) is 0.0320. The summed E-state index contributed by atoms with van der Waals surface area (Å²) in [6.45, 7) is 4.94. The van der Waals surface area contributed by atoms with Gasteiger partial charge in [0, 0.05) is 12.8 Å². The highest BCUT2D eigenvalue weighted by molar-refractivity contribution is 5.76. The van der Waals surface area contributed by atoms with Gasteiger partial charge in [-0.05, 0) is 57.8 Å². The van der Waals surface area contributed by atoms with Gasteiger partial charge in [0.1, 0.15) is 0 Å². The van der Waals surface area contributed by atoms with Crippen molar-refractivity contribution >= 4 is 11.9 Å². The lowest BCUT2D eigenvalue weighted by molar-refractivity contribution is -0.143. The van der Waals surface area contributed by atoms with E-state index in [0.29, 0.717) is 19.4 Å². The van der Waals surface area contributed by atoms with Gasteiger partial charge < -0.3 is 20.3 Å². The second-order valence-corrected chi connectivity index (χ2v) is 24.6. The van der Waals surface area contributed by atoms with Crippen LogP contribution in [0.4, 0.5) is 0 Å². The summed E-state index contributed by atoms with van der Waals surface area (Å²) in [7, 11) is 0. The van der Waals surface area contributed by atoms with Crippen LogP contribution in [0.2, 0.25) is 0 Å². The van der Waals surface area contributed by atoms with Crippen molar-refractivity contribution in [3.63, 3.8) is 0 Å². The number of allylic oxidation sites excluding steroid dienone is 3. The van der Waals surface area contributed by atoms with Crippen LogP contribution in [-0.2, 0) is 14.3 Å². The number of hydrogen-bond acceptors (Lipinski definition) is 5. The molecule has 0 aromatic carbocycles. The van der Waals surface area contributed by atoms with Crippen molar-refractivity contribution in [3.8, 4) is 0 Å². The molecule has 0 aliphatic heterocycles. The summed E-state index contributed by atoms with van der Waals surface area (Å²) in [5.41, 5.74) is 0. The molecule has 0 fully saturated rings. The molecular formula is C72H139NO5. The van der Waals surface area contributed by atoms with Gasteiger partial charge in [-0.1, -0.05) is 353 Å². The van der Waals surface area contributed by atoms with Crippen LogP contribution in [-0.4, -0.2) is 47.4 Å². The number of amides is 1. The summed E-state index contributed by atoms with van der Waals surface area (Å²) in [6, 6.07) is -0.635. The molecule has 0 spiro atoms. The molecule has 0 aliphatic carbocycles. The molecule has 0 aromatic heterocycles.